The molecule has 1 fully saturated rings. The van der Waals surface area contributed by atoms with E-state index in [4.69, 9.17) is 27.9 Å². The number of hydrogen-bond donors (Lipinski definition) is 0. The van der Waals surface area contributed by atoms with Crippen molar-refractivity contribution in [1.29, 1.82) is 0 Å². The zero-order valence-corrected chi connectivity index (χ0v) is 17.4. The molecule has 0 spiro atoms. The van der Waals surface area contributed by atoms with E-state index in [0.717, 1.165) is 36.3 Å². The largest absolute Gasteiger partial charge is 0.423 e. The minimum absolute atomic E-state index is 0.0995. The summed E-state index contributed by atoms with van der Waals surface area (Å²) >= 11 is 13.5. The van der Waals surface area contributed by atoms with Crippen molar-refractivity contribution < 1.29 is 9.66 Å². The second-order valence-corrected chi connectivity index (χ2v) is 8.73. The van der Waals surface area contributed by atoms with Gasteiger partial charge >= 0.3 is 5.69 Å². The third-order valence-electron chi connectivity index (χ3n) is 4.88. The van der Waals surface area contributed by atoms with E-state index >= 15 is 0 Å². The maximum atomic E-state index is 11.5. The number of nitro groups is 1. The first-order chi connectivity index (χ1) is 13.4. The Labute approximate surface area is 175 Å². The summed E-state index contributed by atoms with van der Waals surface area (Å²) in [6.07, 6.45) is 2.20. The molecule has 6 nitrogen and oxygen atoms in total. The molecule has 9 heteroatoms. The molecule has 146 valence electrons. The molecule has 2 heterocycles. The summed E-state index contributed by atoms with van der Waals surface area (Å²) in [6.45, 7) is 4.09. The molecule has 28 heavy (non-hydrogen) atoms. The normalized spacial score (nSPS) is 15.2. The molecule has 1 saturated heterocycles. The van der Waals surface area contributed by atoms with Crippen molar-refractivity contribution in [3.63, 3.8) is 0 Å². The number of nitro benzene ring substituents is 1. The molecular formula is C19H17Cl2N3O3S. The molecule has 0 amide bonds. The fraction of sp³-hybridized carbons (Fsp3) is 0.316. The molecule has 0 unspecified atom stereocenters. The van der Waals surface area contributed by atoms with Crippen molar-refractivity contribution in [2.75, 3.05) is 18.0 Å². The van der Waals surface area contributed by atoms with E-state index in [1.807, 2.05) is 0 Å². The number of rotatable bonds is 4. The quantitative estimate of drug-likeness (QED) is 0.342. The number of piperidine rings is 1. The van der Waals surface area contributed by atoms with Crippen molar-refractivity contribution in [2.45, 2.75) is 19.8 Å². The van der Waals surface area contributed by atoms with Gasteiger partial charge in [0, 0.05) is 35.9 Å². The van der Waals surface area contributed by atoms with E-state index in [2.05, 4.69) is 16.8 Å². The Morgan fingerprint density at radius 2 is 2.00 bits per heavy atom. The smallest absolute Gasteiger partial charge is 0.311 e. The summed E-state index contributed by atoms with van der Waals surface area (Å²) in [6, 6.07) is 8.33. The van der Waals surface area contributed by atoms with Crippen LogP contribution >= 0.6 is 34.5 Å². The number of benzene rings is 2. The van der Waals surface area contributed by atoms with Gasteiger partial charge in [-0.3, -0.25) is 10.1 Å². The maximum Gasteiger partial charge on any atom is 0.311 e. The van der Waals surface area contributed by atoms with Crippen molar-refractivity contribution in [3.05, 3.63) is 50.5 Å². The Balaban J connectivity index is 1.68. The van der Waals surface area contributed by atoms with E-state index in [1.165, 1.54) is 17.4 Å². The van der Waals surface area contributed by atoms with E-state index in [9.17, 15) is 10.1 Å². The van der Waals surface area contributed by atoms with E-state index in [-0.39, 0.29) is 16.6 Å². The van der Waals surface area contributed by atoms with Crippen LogP contribution in [0.4, 0.5) is 11.4 Å². The number of anilines is 1. The summed E-state index contributed by atoms with van der Waals surface area (Å²) < 4.78 is 6.60. The summed E-state index contributed by atoms with van der Waals surface area (Å²) in [5.74, 6) is 0.867. The number of nitrogens with zero attached hydrogens (tertiary/aromatic N) is 3. The van der Waals surface area contributed by atoms with Gasteiger partial charge in [-0.1, -0.05) is 41.5 Å². The summed E-state index contributed by atoms with van der Waals surface area (Å²) in [5, 5.41) is 12.7. The minimum atomic E-state index is -0.450. The lowest BCUT2D eigenvalue weighted by atomic mass is 9.99. The van der Waals surface area contributed by atoms with Crippen LogP contribution in [-0.4, -0.2) is 23.0 Å². The SMILES string of the molecule is CC1CCN(c2ccc([N+](=O)[O-])c(Oc3nc4c(Cl)cc(Cl)cc4s3)c2)CC1. The number of aromatic nitrogens is 1. The maximum absolute atomic E-state index is 11.5. The van der Waals surface area contributed by atoms with Gasteiger partial charge in [0.2, 0.25) is 5.75 Å². The van der Waals surface area contributed by atoms with Gasteiger partial charge in [0.15, 0.2) is 0 Å². The molecule has 1 aliphatic rings. The molecule has 0 atom stereocenters. The van der Waals surface area contributed by atoms with Gasteiger partial charge in [-0.2, -0.15) is 0 Å². The van der Waals surface area contributed by atoms with Gasteiger partial charge in [-0.05, 0) is 37.0 Å². The van der Waals surface area contributed by atoms with Gasteiger partial charge in [0.25, 0.3) is 5.19 Å². The average Bonchev–Trinajstić information content (AvgIpc) is 3.04. The standard InChI is InChI=1S/C19H17Cl2N3O3S/c1-11-4-6-23(7-5-11)13-2-3-15(24(25)26)16(10-13)27-19-22-18-14(21)8-12(20)9-17(18)28-19/h2-3,8-11H,4-7H2,1H3. The highest BCUT2D eigenvalue weighted by Crippen LogP contribution is 2.40. The number of fused-ring (bicyclic) bond motifs is 1. The van der Waals surface area contributed by atoms with Crippen LogP contribution < -0.4 is 9.64 Å². The first-order valence-electron chi connectivity index (χ1n) is 8.87. The third-order valence-corrected chi connectivity index (χ3v) is 6.27. The lowest BCUT2D eigenvalue weighted by Gasteiger charge is -2.32. The van der Waals surface area contributed by atoms with Crippen molar-refractivity contribution in [1.82, 2.24) is 4.98 Å². The molecule has 0 saturated carbocycles. The van der Waals surface area contributed by atoms with Crippen LogP contribution in [0.25, 0.3) is 10.2 Å². The second kappa shape index (κ2) is 7.73. The highest BCUT2D eigenvalue weighted by atomic mass is 35.5. The summed E-state index contributed by atoms with van der Waals surface area (Å²) in [5.41, 5.74) is 1.38. The van der Waals surface area contributed by atoms with Crippen molar-refractivity contribution >= 4 is 56.1 Å². The highest BCUT2D eigenvalue weighted by Gasteiger charge is 2.22. The topological polar surface area (TPSA) is 68.5 Å². The predicted molar refractivity (Wildman–Crippen MR) is 113 cm³/mol. The van der Waals surface area contributed by atoms with Crippen LogP contribution in [0.3, 0.4) is 0 Å². The first-order valence-corrected chi connectivity index (χ1v) is 10.4. The Bertz CT molecular complexity index is 1050. The Morgan fingerprint density at radius 1 is 1.25 bits per heavy atom. The van der Waals surface area contributed by atoms with Crippen molar-refractivity contribution in [3.8, 4) is 10.9 Å². The minimum Gasteiger partial charge on any atom is -0.423 e. The molecule has 1 aromatic heterocycles. The number of thiazole rings is 1. The lowest BCUT2D eigenvalue weighted by molar-refractivity contribution is -0.385. The molecular weight excluding hydrogens is 421 g/mol. The number of halogens is 2. The van der Waals surface area contributed by atoms with Crippen LogP contribution in [0.15, 0.2) is 30.3 Å². The zero-order valence-electron chi connectivity index (χ0n) is 15.0. The van der Waals surface area contributed by atoms with E-state index < -0.39 is 4.92 Å². The average molecular weight is 438 g/mol. The predicted octanol–water partition coefficient (Wildman–Crippen LogP) is 6.54. The Morgan fingerprint density at radius 3 is 2.71 bits per heavy atom. The van der Waals surface area contributed by atoms with Crippen LogP contribution in [-0.2, 0) is 0 Å². The number of ether oxygens (including phenoxy) is 1. The van der Waals surface area contributed by atoms with E-state index in [0.29, 0.717) is 21.5 Å². The molecule has 1 aliphatic heterocycles. The van der Waals surface area contributed by atoms with Crippen molar-refractivity contribution in [2.24, 2.45) is 5.92 Å². The first kappa shape index (κ1) is 19.2. The third kappa shape index (κ3) is 3.87. The molecule has 4 rings (SSSR count). The van der Waals surface area contributed by atoms with Crippen LogP contribution in [0.2, 0.25) is 10.0 Å². The molecule has 0 N–H and O–H groups in total. The van der Waals surface area contributed by atoms with Gasteiger partial charge in [0.1, 0.15) is 5.52 Å². The zero-order chi connectivity index (χ0) is 19.8. The summed E-state index contributed by atoms with van der Waals surface area (Å²) in [4.78, 5) is 17.6. The van der Waals surface area contributed by atoms with Gasteiger partial charge in [-0.15, -0.1) is 0 Å². The second-order valence-electron chi connectivity index (χ2n) is 6.89. The molecule has 0 aliphatic carbocycles. The molecule has 2 aromatic carbocycles. The fourth-order valence-corrected chi connectivity index (χ4v) is 4.82. The van der Waals surface area contributed by atoms with Gasteiger partial charge < -0.3 is 9.64 Å². The lowest BCUT2D eigenvalue weighted by Crippen LogP contribution is -2.32. The van der Waals surface area contributed by atoms with Gasteiger partial charge in [0.05, 0.1) is 14.6 Å². The Hall–Kier alpha value is -2.09. The molecule has 3 aromatic rings. The summed E-state index contributed by atoms with van der Waals surface area (Å²) in [7, 11) is 0. The fourth-order valence-electron chi connectivity index (χ4n) is 3.27. The number of hydrogen-bond acceptors (Lipinski definition) is 6. The van der Waals surface area contributed by atoms with Crippen LogP contribution in [0.5, 0.6) is 10.9 Å². The monoisotopic (exact) mass is 437 g/mol. The molecule has 0 radical (unpaired) electrons. The van der Waals surface area contributed by atoms with E-state index in [1.54, 1.807) is 24.3 Å². The highest BCUT2D eigenvalue weighted by molar-refractivity contribution is 7.20. The van der Waals surface area contributed by atoms with Crippen LogP contribution in [0.1, 0.15) is 19.8 Å². The van der Waals surface area contributed by atoms with Gasteiger partial charge in [-0.25, -0.2) is 4.98 Å². The Kier molecular flexibility index (Phi) is 5.31. The van der Waals surface area contributed by atoms with Crippen LogP contribution in [0, 0.1) is 16.0 Å². The molecule has 0 bridgehead atoms.